The van der Waals surface area contributed by atoms with E-state index in [9.17, 15) is 24.9 Å². The molecule has 1 fully saturated rings. The Hall–Kier alpha value is -4.00. The van der Waals surface area contributed by atoms with Crippen LogP contribution in [0.3, 0.4) is 0 Å². The number of aliphatic hydroxyl groups is 3. The molecule has 2 aliphatic rings. The third-order valence-corrected chi connectivity index (χ3v) is 12.3. The summed E-state index contributed by atoms with van der Waals surface area (Å²) in [4.78, 5) is 36.0. The zero-order valence-electron chi connectivity index (χ0n) is 34.8. The van der Waals surface area contributed by atoms with Crippen LogP contribution in [0.25, 0.3) is 6.08 Å². The number of hydrogen-bond acceptors (Lipinski definition) is 11. The van der Waals surface area contributed by atoms with E-state index in [4.69, 9.17) is 9.47 Å². The summed E-state index contributed by atoms with van der Waals surface area (Å²) in [5.74, 6) is -0.152. The molecular weight excluding hydrogens is 769 g/mol. The molecular formula is C47H62N2O7S2. The predicted molar refractivity (Wildman–Crippen MR) is 236 cm³/mol. The van der Waals surface area contributed by atoms with Crippen LogP contribution in [-0.2, 0) is 15.9 Å². The topological polar surface area (TPSA) is 139 Å². The third kappa shape index (κ3) is 14.4. The Morgan fingerprint density at radius 3 is 2.03 bits per heavy atom. The standard InChI is InChI=1S/C47H62N2O7S2/c1-7-8-12-23-38(51)47(5,6)41-26-19-22-35-30-34(35)21-15-16-27-42-48-36(31-57-42)44(53)55-40(46(3,4)39(52)24-17-18-28-50)25-14-11-9-10-13-20-33(2)29-43-49-37(32-58-43)45(54)56-41/h9-17,19-24,27,31-35,38-41,50-52H,7-8,18,25-26,28-30H2,1-6H3/b10-9-,14-11-,20-13+,21-15+,22-19-,23-12+,24-17+,27-16-/t33-,34+,35-,38-,39-,40-,41-/m0/s1. The first-order valence-electron chi connectivity index (χ1n) is 20.4. The molecule has 0 unspecified atom stereocenters. The van der Waals surface area contributed by atoms with Gasteiger partial charge in [0.2, 0.25) is 0 Å². The van der Waals surface area contributed by atoms with Gasteiger partial charge in [0.25, 0.3) is 0 Å². The fraction of sp³-hybridized carbons (Fsp3) is 0.489. The van der Waals surface area contributed by atoms with Crippen molar-refractivity contribution in [3.05, 3.63) is 123 Å². The number of ether oxygens (including phenoxy) is 2. The third-order valence-electron chi connectivity index (χ3n) is 10.7. The predicted octanol–water partition coefficient (Wildman–Crippen LogP) is 9.82. The number of carbonyl (C=O) groups is 2. The van der Waals surface area contributed by atoms with Crippen molar-refractivity contribution < 1.29 is 34.4 Å². The Bertz CT molecular complexity index is 1860. The number of carbonyl (C=O) groups excluding carboxylic acids is 2. The van der Waals surface area contributed by atoms with Crippen LogP contribution in [0.1, 0.15) is 111 Å². The van der Waals surface area contributed by atoms with E-state index in [1.807, 2.05) is 88.5 Å². The minimum absolute atomic E-state index is 0.0224. The zero-order chi connectivity index (χ0) is 42.1. The lowest BCUT2D eigenvalue weighted by Crippen LogP contribution is -2.42. The van der Waals surface area contributed by atoms with Crippen molar-refractivity contribution in [2.45, 2.75) is 111 Å². The van der Waals surface area contributed by atoms with Crippen LogP contribution in [0.15, 0.2) is 102 Å². The lowest BCUT2D eigenvalue weighted by atomic mass is 9.78. The van der Waals surface area contributed by atoms with Crippen molar-refractivity contribution in [2.24, 2.45) is 28.6 Å². The molecule has 1 saturated carbocycles. The van der Waals surface area contributed by atoms with Crippen LogP contribution in [-0.4, -0.2) is 68.2 Å². The molecule has 58 heavy (non-hydrogen) atoms. The van der Waals surface area contributed by atoms with Crippen LogP contribution < -0.4 is 0 Å². The number of rotatable bonds is 10. The quantitative estimate of drug-likeness (QED) is 0.158. The monoisotopic (exact) mass is 830 g/mol. The molecule has 0 aromatic carbocycles. The minimum Gasteiger partial charge on any atom is -0.457 e. The van der Waals surface area contributed by atoms with Crippen molar-refractivity contribution in [2.75, 3.05) is 6.61 Å². The van der Waals surface area contributed by atoms with Crippen molar-refractivity contribution in [1.29, 1.82) is 0 Å². The molecule has 2 aromatic rings. The number of aliphatic hydroxyl groups excluding tert-OH is 3. The SMILES string of the molecule is CCC/C=C/[C@H](O)C(C)(C)[C@@H]1C/C=C\[C@H]2C[C@H]2/C=C/C=C\c2nc(cs2)C(=O)O[C@H](C(C)(C)[C@@H](O)/C=C/CCO)C\C=C/C=C\C=C\[C@H](C)Cc2nc(cs2)C(=O)O1. The highest BCUT2D eigenvalue weighted by atomic mass is 32.1. The number of unbranched alkanes of at least 4 members (excludes halogenated alkanes) is 1. The number of nitrogens with zero attached hydrogens (tertiary/aromatic N) is 2. The second kappa shape index (κ2) is 23.0. The Labute approximate surface area is 353 Å². The molecule has 4 rings (SSSR count). The Kier molecular flexibility index (Phi) is 18.5. The summed E-state index contributed by atoms with van der Waals surface area (Å²) in [5, 5.41) is 36.4. The maximum Gasteiger partial charge on any atom is 0.358 e. The van der Waals surface area contributed by atoms with Gasteiger partial charge in [-0.15, -0.1) is 22.7 Å². The molecule has 3 heterocycles. The number of allylic oxidation sites excluding steroid dienone is 10. The highest BCUT2D eigenvalue weighted by Gasteiger charge is 2.39. The largest absolute Gasteiger partial charge is 0.457 e. The van der Waals surface area contributed by atoms with Crippen molar-refractivity contribution in [1.82, 2.24) is 9.97 Å². The molecule has 2 aromatic heterocycles. The number of cyclic esters (lactones) is 2. The lowest BCUT2D eigenvalue weighted by Gasteiger charge is -2.36. The van der Waals surface area contributed by atoms with E-state index in [2.05, 4.69) is 48.1 Å². The van der Waals surface area contributed by atoms with Gasteiger partial charge in [-0.2, -0.15) is 0 Å². The number of aromatic nitrogens is 2. The molecule has 314 valence electrons. The first kappa shape index (κ1) is 46.7. The van der Waals surface area contributed by atoms with Gasteiger partial charge in [-0.1, -0.05) is 139 Å². The fourth-order valence-electron chi connectivity index (χ4n) is 6.32. The first-order chi connectivity index (χ1) is 27.8. The van der Waals surface area contributed by atoms with Gasteiger partial charge in [-0.3, -0.25) is 0 Å². The molecule has 0 amide bonds. The average Bonchev–Trinajstić information content (AvgIpc) is 3.49. The smallest absolute Gasteiger partial charge is 0.358 e. The van der Waals surface area contributed by atoms with Gasteiger partial charge in [-0.25, -0.2) is 19.6 Å². The van der Waals surface area contributed by atoms with E-state index >= 15 is 0 Å². The second-order valence-corrected chi connectivity index (χ2v) is 18.1. The Morgan fingerprint density at radius 1 is 0.776 bits per heavy atom. The minimum atomic E-state index is -0.921. The molecule has 7 atom stereocenters. The van der Waals surface area contributed by atoms with Gasteiger partial charge in [0.15, 0.2) is 11.4 Å². The van der Waals surface area contributed by atoms with Crippen LogP contribution in [0.5, 0.6) is 0 Å². The summed E-state index contributed by atoms with van der Waals surface area (Å²) in [7, 11) is 0. The van der Waals surface area contributed by atoms with Gasteiger partial charge in [0, 0.05) is 47.5 Å². The van der Waals surface area contributed by atoms with Gasteiger partial charge in [0.1, 0.15) is 17.2 Å². The summed E-state index contributed by atoms with van der Waals surface area (Å²) in [6, 6.07) is 0. The van der Waals surface area contributed by atoms with Crippen LogP contribution >= 0.6 is 22.7 Å². The van der Waals surface area contributed by atoms with Crippen molar-refractivity contribution >= 4 is 40.7 Å². The lowest BCUT2D eigenvalue weighted by molar-refractivity contribution is -0.0461. The van der Waals surface area contributed by atoms with Crippen molar-refractivity contribution in [3.8, 4) is 0 Å². The van der Waals surface area contributed by atoms with Gasteiger partial charge < -0.3 is 24.8 Å². The molecule has 9 nitrogen and oxygen atoms in total. The normalized spacial score (nSPS) is 27.4. The molecule has 0 saturated heterocycles. The van der Waals surface area contributed by atoms with E-state index in [-0.39, 0.29) is 23.9 Å². The average molecular weight is 831 g/mol. The Morgan fingerprint density at radius 2 is 1.36 bits per heavy atom. The number of thiazole rings is 2. The number of hydrogen-bond donors (Lipinski definition) is 3. The molecule has 4 bridgehead atoms. The summed E-state index contributed by atoms with van der Waals surface area (Å²) in [6.07, 6.45) is 32.7. The summed E-state index contributed by atoms with van der Waals surface area (Å²) in [6.45, 7) is 11.7. The molecule has 1 aliphatic carbocycles. The number of esters is 2. The van der Waals surface area contributed by atoms with E-state index in [1.165, 1.54) is 22.7 Å². The summed E-state index contributed by atoms with van der Waals surface area (Å²) < 4.78 is 12.2. The van der Waals surface area contributed by atoms with Gasteiger partial charge in [-0.05, 0) is 43.1 Å². The second-order valence-electron chi connectivity index (χ2n) is 16.3. The van der Waals surface area contributed by atoms with Gasteiger partial charge in [0.05, 0.1) is 17.2 Å². The van der Waals surface area contributed by atoms with Crippen LogP contribution in [0, 0.1) is 28.6 Å². The molecule has 3 N–H and O–H groups in total. The maximum absolute atomic E-state index is 13.5. The van der Waals surface area contributed by atoms with Crippen LogP contribution in [0.4, 0.5) is 0 Å². The zero-order valence-corrected chi connectivity index (χ0v) is 36.4. The summed E-state index contributed by atoms with van der Waals surface area (Å²) >= 11 is 2.78. The van der Waals surface area contributed by atoms with E-state index in [0.29, 0.717) is 42.5 Å². The highest BCUT2D eigenvalue weighted by Crippen LogP contribution is 2.41. The van der Waals surface area contributed by atoms with Crippen molar-refractivity contribution in [3.63, 3.8) is 0 Å². The fourth-order valence-corrected chi connectivity index (χ4v) is 7.91. The van der Waals surface area contributed by atoms with E-state index in [1.54, 1.807) is 22.9 Å². The highest BCUT2D eigenvalue weighted by molar-refractivity contribution is 7.10. The Balaban J connectivity index is 1.56. The van der Waals surface area contributed by atoms with E-state index in [0.717, 1.165) is 24.3 Å². The molecule has 1 aliphatic heterocycles. The first-order valence-corrected chi connectivity index (χ1v) is 22.2. The van der Waals surface area contributed by atoms with E-state index < -0.39 is 47.2 Å². The number of fused-ring (bicyclic) bond motifs is 5. The maximum atomic E-state index is 13.5. The summed E-state index contributed by atoms with van der Waals surface area (Å²) in [5.41, 5.74) is -1.11. The molecule has 0 radical (unpaired) electrons. The van der Waals surface area contributed by atoms with Crippen LogP contribution in [0.2, 0.25) is 0 Å². The molecule has 11 heteroatoms. The molecule has 0 spiro atoms. The van der Waals surface area contributed by atoms with Gasteiger partial charge >= 0.3 is 11.9 Å².